The Labute approximate surface area is 39.3 Å². The van der Waals surface area contributed by atoms with Crippen molar-refractivity contribution in [2.24, 2.45) is 5.14 Å². The molecule has 0 saturated heterocycles. The van der Waals surface area contributed by atoms with Gasteiger partial charge in [0.05, 0.1) is 0 Å². The van der Waals surface area contributed by atoms with Gasteiger partial charge in [-0.3, -0.25) is 5.14 Å². The lowest BCUT2D eigenvalue weighted by Crippen LogP contribution is -2.01. The molecule has 3 heteroatoms. The van der Waals surface area contributed by atoms with Crippen LogP contribution in [0.25, 0.3) is 0 Å². The smallest absolute Gasteiger partial charge is 0.00847 e. The van der Waals surface area contributed by atoms with Gasteiger partial charge in [0.25, 0.3) is 0 Å². The van der Waals surface area contributed by atoms with Crippen LogP contribution in [0, 0.1) is 0 Å². The fourth-order valence-electron chi connectivity index (χ4n) is 0. The van der Waals surface area contributed by atoms with Gasteiger partial charge in [0, 0.05) is 5.75 Å². The molecule has 1 nitrogen and oxygen atoms in total. The SMILES string of the molecule is CCS(N)=S. The summed E-state index contributed by atoms with van der Waals surface area (Å²) >= 11 is 4.59. The highest BCUT2D eigenvalue weighted by molar-refractivity contribution is 8.27. The van der Waals surface area contributed by atoms with Crippen LogP contribution >= 0.6 is 0 Å². The van der Waals surface area contributed by atoms with E-state index >= 15 is 0 Å². The molecule has 0 radical (unpaired) electrons. The molecule has 0 amide bonds. The maximum atomic E-state index is 5.13. The van der Waals surface area contributed by atoms with Crippen LogP contribution in [0.5, 0.6) is 0 Å². The predicted octanol–water partition coefficient (Wildman–Crippen LogP) is -0.0398. The van der Waals surface area contributed by atoms with E-state index in [1.165, 1.54) is 0 Å². The highest BCUT2D eigenvalue weighted by Gasteiger charge is 1.67. The first-order valence-corrected chi connectivity index (χ1v) is 3.78. The van der Waals surface area contributed by atoms with E-state index in [-0.39, 0.29) is 9.64 Å². The quantitative estimate of drug-likeness (QED) is 0.511. The maximum absolute atomic E-state index is 5.13. The van der Waals surface area contributed by atoms with Crippen LogP contribution in [0.4, 0.5) is 0 Å². The molecular formula is C2H7NS2. The average Bonchev–Trinajstić information content (AvgIpc) is 1.38. The Morgan fingerprint density at radius 2 is 2.20 bits per heavy atom. The summed E-state index contributed by atoms with van der Waals surface area (Å²) in [6.07, 6.45) is 0. The minimum absolute atomic E-state index is 0.239. The third-order valence-corrected chi connectivity index (χ3v) is 1.56. The third-order valence-electron chi connectivity index (χ3n) is 0.285. The molecule has 0 aliphatic carbocycles. The van der Waals surface area contributed by atoms with Crippen molar-refractivity contribution in [3.8, 4) is 0 Å². The zero-order valence-corrected chi connectivity index (χ0v) is 4.73. The summed E-state index contributed by atoms with van der Waals surface area (Å²) in [6.45, 7) is 1.98. The first-order valence-electron chi connectivity index (χ1n) is 1.40. The Kier molecular flexibility index (Phi) is 3.04. The summed E-state index contributed by atoms with van der Waals surface area (Å²) in [5, 5.41) is 5.13. The van der Waals surface area contributed by atoms with Gasteiger partial charge in [0.1, 0.15) is 0 Å². The molecule has 0 bridgehead atoms. The molecule has 0 fully saturated rings. The molecule has 2 N–H and O–H groups in total. The molecule has 32 valence electrons. The lowest BCUT2D eigenvalue weighted by atomic mass is 11.0. The van der Waals surface area contributed by atoms with Gasteiger partial charge < -0.3 is 0 Å². The van der Waals surface area contributed by atoms with Gasteiger partial charge in [-0.1, -0.05) is 16.6 Å². The van der Waals surface area contributed by atoms with Crippen molar-refractivity contribution in [1.29, 1.82) is 0 Å². The van der Waals surface area contributed by atoms with Crippen molar-refractivity contribution in [2.45, 2.75) is 6.92 Å². The van der Waals surface area contributed by atoms with Crippen molar-refractivity contribution in [3.63, 3.8) is 0 Å². The van der Waals surface area contributed by atoms with Crippen molar-refractivity contribution >= 4 is 20.8 Å². The Morgan fingerprint density at radius 3 is 2.20 bits per heavy atom. The van der Waals surface area contributed by atoms with Crippen molar-refractivity contribution in [1.82, 2.24) is 0 Å². The minimum Gasteiger partial charge on any atom is -0.275 e. The highest BCUT2D eigenvalue weighted by Crippen LogP contribution is 1.60. The first kappa shape index (κ1) is 5.53. The van der Waals surface area contributed by atoms with Crippen LogP contribution < -0.4 is 5.14 Å². The van der Waals surface area contributed by atoms with Gasteiger partial charge in [-0.25, -0.2) is 0 Å². The third kappa shape index (κ3) is 4.53. The summed E-state index contributed by atoms with van der Waals surface area (Å²) in [5.41, 5.74) is 0. The summed E-state index contributed by atoms with van der Waals surface area (Å²) in [7, 11) is -0.239. The van der Waals surface area contributed by atoms with E-state index in [2.05, 4.69) is 11.2 Å². The Bertz CT molecular complexity index is 42.9. The average molecular weight is 109 g/mol. The Balaban J connectivity index is 2.85. The molecular weight excluding hydrogens is 102 g/mol. The van der Waals surface area contributed by atoms with Crippen LogP contribution in [0.15, 0.2) is 0 Å². The minimum atomic E-state index is -0.239. The van der Waals surface area contributed by atoms with E-state index in [4.69, 9.17) is 5.14 Å². The first-order chi connectivity index (χ1) is 2.27. The molecule has 0 spiro atoms. The Morgan fingerprint density at radius 1 is 2.00 bits per heavy atom. The molecule has 0 aromatic carbocycles. The van der Waals surface area contributed by atoms with E-state index in [0.29, 0.717) is 0 Å². The fraction of sp³-hybridized carbons (Fsp3) is 1.00. The number of nitrogens with two attached hydrogens (primary N) is 1. The van der Waals surface area contributed by atoms with E-state index in [1.807, 2.05) is 6.92 Å². The van der Waals surface area contributed by atoms with Gasteiger partial charge in [-0.05, 0) is 11.2 Å². The molecule has 0 aromatic heterocycles. The summed E-state index contributed by atoms with van der Waals surface area (Å²) in [5.74, 6) is 0.926. The van der Waals surface area contributed by atoms with Crippen molar-refractivity contribution < 1.29 is 0 Å². The van der Waals surface area contributed by atoms with Gasteiger partial charge in [-0.15, -0.1) is 0 Å². The van der Waals surface area contributed by atoms with E-state index < -0.39 is 0 Å². The largest absolute Gasteiger partial charge is 0.275 e. The van der Waals surface area contributed by atoms with E-state index in [0.717, 1.165) is 5.75 Å². The van der Waals surface area contributed by atoms with Gasteiger partial charge in [0.15, 0.2) is 0 Å². The fourth-order valence-corrected chi connectivity index (χ4v) is 0. The standard InChI is InChI=1S/C2H7NS2/c1-2-5(3)4/h2-3H2,1H3. The predicted molar refractivity (Wildman–Crippen MR) is 29.5 cm³/mol. The number of hydrogen-bond acceptors (Lipinski definition) is 1. The normalized spacial score (nSPS) is 14.8. The molecule has 0 rings (SSSR count). The van der Waals surface area contributed by atoms with Crippen LogP contribution in [-0.2, 0) is 20.8 Å². The summed E-state index contributed by atoms with van der Waals surface area (Å²) < 4.78 is 0. The molecule has 0 heterocycles. The Hall–Kier alpha value is 0.530. The van der Waals surface area contributed by atoms with Gasteiger partial charge >= 0.3 is 0 Å². The second kappa shape index (κ2) is 2.75. The second-order valence-corrected chi connectivity index (χ2v) is 3.29. The summed E-state index contributed by atoms with van der Waals surface area (Å²) in [6, 6.07) is 0. The van der Waals surface area contributed by atoms with Crippen LogP contribution in [0.3, 0.4) is 0 Å². The van der Waals surface area contributed by atoms with Crippen LogP contribution in [-0.4, -0.2) is 5.75 Å². The molecule has 1 atom stereocenters. The topological polar surface area (TPSA) is 26.0 Å². The lowest BCUT2D eigenvalue weighted by molar-refractivity contribution is 1.52. The van der Waals surface area contributed by atoms with Gasteiger partial charge in [0.2, 0.25) is 0 Å². The molecule has 0 aliphatic heterocycles. The zero-order valence-electron chi connectivity index (χ0n) is 3.10. The lowest BCUT2D eigenvalue weighted by Gasteiger charge is -1.80. The summed E-state index contributed by atoms with van der Waals surface area (Å²) in [4.78, 5) is 0. The van der Waals surface area contributed by atoms with Crippen LogP contribution in [0.1, 0.15) is 6.92 Å². The molecule has 5 heavy (non-hydrogen) atoms. The highest BCUT2D eigenvalue weighted by atomic mass is 32.8. The molecule has 0 aliphatic rings. The number of hydrogen-bond donors (Lipinski definition) is 1. The zero-order chi connectivity index (χ0) is 4.28. The second-order valence-electron chi connectivity index (χ2n) is 0.669. The molecule has 1 unspecified atom stereocenters. The van der Waals surface area contributed by atoms with Gasteiger partial charge in [-0.2, -0.15) is 0 Å². The molecule has 0 saturated carbocycles. The monoisotopic (exact) mass is 109 g/mol. The van der Waals surface area contributed by atoms with Crippen molar-refractivity contribution in [3.05, 3.63) is 0 Å². The van der Waals surface area contributed by atoms with Crippen LogP contribution in [0.2, 0.25) is 0 Å². The van der Waals surface area contributed by atoms with Crippen molar-refractivity contribution in [2.75, 3.05) is 5.75 Å². The van der Waals surface area contributed by atoms with E-state index in [9.17, 15) is 0 Å². The molecule has 0 aromatic rings. The maximum Gasteiger partial charge on any atom is 0.00847 e. The number of rotatable bonds is 1. The van der Waals surface area contributed by atoms with E-state index in [1.54, 1.807) is 0 Å².